The quantitative estimate of drug-likeness (QED) is 0.542. The Morgan fingerprint density at radius 3 is 1.92 bits per heavy atom. The monoisotopic (exact) mass is 193 g/mol. The molecule has 0 aliphatic carbocycles. The Bertz CT molecular complexity index is 134. The summed E-state index contributed by atoms with van der Waals surface area (Å²) in [6.45, 7) is -0.697. The third-order valence-electron chi connectivity index (χ3n) is 0.962. The fourth-order valence-corrected chi connectivity index (χ4v) is 0.366. The van der Waals surface area contributed by atoms with Crippen LogP contribution < -0.4 is 5.73 Å². The molecule has 0 unspecified atom stereocenters. The van der Waals surface area contributed by atoms with Gasteiger partial charge in [0, 0.05) is 0 Å². The average Bonchev–Trinajstić information content (AvgIpc) is 1.85. The number of halogens is 5. The van der Waals surface area contributed by atoms with Gasteiger partial charge in [0.25, 0.3) is 0 Å². The maximum atomic E-state index is 11.9. The summed E-state index contributed by atoms with van der Waals surface area (Å²) in [6.07, 6.45) is -10.8. The number of ether oxygens (including phenoxy) is 1. The van der Waals surface area contributed by atoms with Gasteiger partial charge in [0.05, 0.1) is 6.61 Å². The van der Waals surface area contributed by atoms with Crippen LogP contribution in [0.15, 0.2) is 0 Å². The lowest BCUT2D eigenvalue weighted by molar-refractivity contribution is -0.391. The van der Waals surface area contributed by atoms with Crippen LogP contribution in [0.1, 0.15) is 6.42 Å². The van der Waals surface area contributed by atoms with E-state index < -0.39 is 18.9 Å². The van der Waals surface area contributed by atoms with Crippen molar-refractivity contribution in [3.63, 3.8) is 0 Å². The Morgan fingerprint density at radius 2 is 1.58 bits per heavy atom. The van der Waals surface area contributed by atoms with E-state index in [0.29, 0.717) is 0 Å². The standard InChI is InChI=1S/C5H8F5NO/c6-4(7,8)5(9,10)12-3-1-2-11/h1-3,11H2. The lowest BCUT2D eigenvalue weighted by atomic mass is 10.4. The lowest BCUT2D eigenvalue weighted by Crippen LogP contribution is -2.39. The highest BCUT2D eigenvalue weighted by atomic mass is 19.4. The first-order valence-electron chi connectivity index (χ1n) is 3.10. The van der Waals surface area contributed by atoms with Crippen LogP contribution in [0.5, 0.6) is 0 Å². The molecule has 0 heterocycles. The minimum atomic E-state index is -5.65. The predicted molar refractivity (Wildman–Crippen MR) is 30.6 cm³/mol. The third-order valence-corrected chi connectivity index (χ3v) is 0.962. The van der Waals surface area contributed by atoms with Crippen LogP contribution in [0.2, 0.25) is 0 Å². The normalized spacial score (nSPS) is 13.5. The van der Waals surface area contributed by atoms with Gasteiger partial charge < -0.3 is 10.5 Å². The maximum absolute atomic E-state index is 11.9. The first-order chi connectivity index (χ1) is 5.31. The summed E-state index contributed by atoms with van der Waals surface area (Å²) in [7, 11) is 0. The second-order valence-corrected chi connectivity index (χ2v) is 2.01. The molecule has 0 amide bonds. The smallest absolute Gasteiger partial charge is 0.330 e. The van der Waals surface area contributed by atoms with Gasteiger partial charge in [-0.05, 0) is 13.0 Å². The molecule has 0 spiro atoms. The summed E-state index contributed by atoms with van der Waals surface area (Å²) in [5, 5.41) is 0. The Morgan fingerprint density at radius 1 is 1.08 bits per heavy atom. The minimum absolute atomic E-state index is 0.00787. The maximum Gasteiger partial charge on any atom is 0.482 e. The highest BCUT2D eigenvalue weighted by Gasteiger charge is 2.59. The Balaban J connectivity index is 3.88. The van der Waals surface area contributed by atoms with Crippen LogP contribution in [0.4, 0.5) is 22.0 Å². The molecule has 0 radical (unpaired) electrons. The SMILES string of the molecule is NCCCOC(F)(F)C(F)(F)F. The van der Waals surface area contributed by atoms with Gasteiger partial charge in [0.15, 0.2) is 0 Å². The van der Waals surface area contributed by atoms with Crippen molar-refractivity contribution in [3.8, 4) is 0 Å². The highest BCUT2D eigenvalue weighted by molar-refractivity contribution is 4.63. The van der Waals surface area contributed by atoms with Crippen LogP contribution in [0, 0.1) is 0 Å². The molecule has 0 aliphatic heterocycles. The molecule has 0 bridgehead atoms. The van der Waals surface area contributed by atoms with E-state index in [0.717, 1.165) is 0 Å². The molecule has 0 saturated carbocycles. The van der Waals surface area contributed by atoms with Gasteiger partial charge >= 0.3 is 12.3 Å². The molecular weight excluding hydrogens is 185 g/mol. The van der Waals surface area contributed by atoms with Crippen molar-refractivity contribution in [2.75, 3.05) is 13.2 Å². The molecule has 0 saturated heterocycles. The lowest BCUT2D eigenvalue weighted by Gasteiger charge is -2.18. The van der Waals surface area contributed by atoms with Gasteiger partial charge in [-0.3, -0.25) is 0 Å². The van der Waals surface area contributed by atoms with Crippen molar-refractivity contribution >= 4 is 0 Å². The predicted octanol–water partition coefficient (Wildman–Crippen LogP) is 1.51. The summed E-state index contributed by atoms with van der Waals surface area (Å²) in [5.74, 6) is 0. The molecule has 7 heteroatoms. The van der Waals surface area contributed by atoms with Gasteiger partial charge in [0.1, 0.15) is 0 Å². The van der Waals surface area contributed by atoms with Crippen LogP contribution in [-0.4, -0.2) is 25.4 Å². The molecule has 0 rings (SSSR count). The molecule has 74 valence electrons. The average molecular weight is 193 g/mol. The van der Waals surface area contributed by atoms with E-state index in [2.05, 4.69) is 4.74 Å². The number of hydrogen-bond acceptors (Lipinski definition) is 2. The summed E-state index contributed by atoms with van der Waals surface area (Å²) in [5.41, 5.74) is 4.86. The summed E-state index contributed by atoms with van der Waals surface area (Å²) in [6, 6.07) is 0. The van der Waals surface area contributed by atoms with Gasteiger partial charge in [0.2, 0.25) is 0 Å². The molecule has 2 nitrogen and oxygen atoms in total. The fourth-order valence-electron chi connectivity index (χ4n) is 0.366. The van der Waals surface area contributed by atoms with Crippen molar-refractivity contribution in [2.45, 2.75) is 18.7 Å². The fraction of sp³-hybridized carbons (Fsp3) is 1.00. The topological polar surface area (TPSA) is 35.2 Å². The number of hydrogen-bond donors (Lipinski definition) is 1. The van der Waals surface area contributed by atoms with Crippen LogP contribution >= 0.6 is 0 Å². The Hall–Kier alpha value is -0.430. The zero-order chi connectivity index (χ0) is 9.83. The largest absolute Gasteiger partial charge is 0.482 e. The zero-order valence-electron chi connectivity index (χ0n) is 6.00. The number of alkyl halides is 5. The first kappa shape index (κ1) is 11.6. The van der Waals surface area contributed by atoms with E-state index in [1.54, 1.807) is 0 Å². The molecule has 0 aromatic heterocycles. The minimum Gasteiger partial charge on any atom is -0.330 e. The third kappa shape index (κ3) is 3.31. The van der Waals surface area contributed by atoms with Crippen molar-refractivity contribution in [1.29, 1.82) is 0 Å². The van der Waals surface area contributed by atoms with E-state index in [1.165, 1.54) is 0 Å². The van der Waals surface area contributed by atoms with E-state index in [4.69, 9.17) is 5.73 Å². The molecule has 0 aromatic rings. The Labute approximate surface area is 65.5 Å². The molecule has 0 aliphatic rings. The molecule has 0 aromatic carbocycles. The molecule has 2 N–H and O–H groups in total. The van der Waals surface area contributed by atoms with Gasteiger partial charge in [-0.25, -0.2) is 0 Å². The van der Waals surface area contributed by atoms with Gasteiger partial charge in [-0.2, -0.15) is 22.0 Å². The molecular formula is C5H8F5NO. The van der Waals surface area contributed by atoms with Crippen LogP contribution in [0.3, 0.4) is 0 Å². The van der Waals surface area contributed by atoms with Crippen molar-refractivity contribution in [1.82, 2.24) is 0 Å². The Kier molecular flexibility index (Phi) is 3.85. The van der Waals surface area contributed by atoms with E-state index in [1.807, 2.05) is 0 Å². The summed E-state index contributed by atoms with van der Waals surface area (Å²) < 4.78 is 61.1. The van der Waals surface area contributed by atoms with E-state index in [-0.39, 0.29) is 13.0 Å². The highest BCUT2D eigenvalue weighted by Crippen LogP contribution is 2.36. The zero-order valence-corrected chi connectivity index (χ0v) is 6.00. The molecule has 0 atom stereocenters. The number of nitrogens with two attached hydrogens (primary N) is 1. The van der Waals surface area contributed by atoms with E-state index >= 15 is 0 Å². The van der Waals surface area contributed by atoms with Crippen LogP contribution in [0.25, 0.3) is 0 Å². The van der Waals surface area contributed by atoms with Gasteiger partial charge in [-0.15, -0.1) is 0 Å². The summed E-state index contributed by atoms with van der Waals surface area (Å²) >= 11 is 0. The van der Waals surface area contributed by atoms with Crippen molar-refractivity contribution in [2.24, 2.45) is 5.73 Å². The number of rotatable bonds is 4. The van der Waals surface area contributed by atoms with Crippen molar-refractivity contribution in [3.05, 3.63) is 0 Å². The van der Waals surface area contributed by atoms with Crippen LogP contribution in [-0.2, 0) is 4.74 Å². The van der Waals surface area contributed by atoms with Crippen molar-refractivity contribution < 1.29 is 26.7 Å². The first-order valence-corrected chi connectivity index (χ1v) is 3.10. The molecule has 12 heavy (non-hydrogen) atoms. The second-order valence-electron chi connectivity index (χ2n) is 2.01. The van der Waals surface area contributed by atoms with E-state index in [9.17, 15) is 22.0 Å². The molecule has 0 fully saturated rings. The second kappa shape index (κ2) is 3.99. The van der Waals surface area contributed by atoms with Gasteiger partial charge in [-0.1, -0.05) is 0 Å². The summed E-state index contributed by atoms with van der Waals surface area (Å²) in [4.78, 5) is 0.